The molecule has 4 rings (SSSR count). The van der Waals surface area contributed by atoms with E-state index in [-0.39, 0.29) is 23.1 Å². The van der Waals surface area contributed by atoms with Crippen LogP contribution in [0.15, 0.2) is 53.5 Å². The van der Waals surface area contributed by atoms with Crippen LogP contribution in [0.25, 0.3) is 0 Å². The first-order chi connectivity index (χ1) is 12.1. The lowest BCUT2D eigenvalue weighted by Gasteiger charge is -2.31. The summed E-state index contributed by atoms with van der Waals surface area (Å²) in [6.45, 7) is 1.54. The predicted molar refractivity (Wildman–Crippen MR) is 93.2 cm³/mol. The van der Waals surface area contributed by atoms with E-state index in [1.165, 1.54) is 24.3 Å². The molecule has 1 unspecified atom stereocenters. The van der Waals surface area contributed by atoms with Crippen LogP contribution in [0.1, 0.15) is 33.6 Å². The van der Waals surface area contributed by atoms with E-state index in [9.17, 15) is 14.0 Å². The second-order valence-electron chi connectivity index (χ2n) is 6.36. The highest BCUT2D eigenvalue weighted by Crippen LogP contribution is 2.27. The Bertz CT molecular complexity index is 868. The summed E-state index contributed by atoms with van der Waals surface area (Å²) in [5.41, 5.74) is 1.56. The van der Waals surface area contributed by atoms with Gasteiger partial charge in [0.05, 0.1) is 5.69 Å². The number of carbonyl (C=O) groups is 2. The summed E-state index contributed by atoms with van der Waals surface area (Å²) in [6.07, 6.45) is 2.01. The van der Waals surface area contributed by atoms with Gasteiger partial charge in [-0.05, 0) is 50.2 Å². The Balaban J connectivity index is 1.84. The van der Waals surface area contributed by atoms with Gasteiger partial charge in [0.25, 0.3) is 0 Å². The molecule has 1 saturated heterocycles. The first-order valence-corrected chi connectivity index (χ1v) is 8.41. The third-order valence-corrected chi connectivity index (χ3v) is 4.76. The zero-order chi connectivity index (χ0) is 17.4. The molecule has 1 fully saturated rings. The van der Waals surface area contributed by atoms with E-state index in [0.717, 1.165) is 25.9 Å². The van der Waals surface area contributed by atoms with E-state index >= 15 is 0 Å². The lowest BCUT2D eigenvalue weighted by atomic mass is 9.83. The summed E-state index contributed by atoms with van der Waals surface area (Å²) in [5.74, 6) is -0.675. The molecule has 2 aliphatic rings. The molecule has 1 heterocycles. The molecule has 1 aliphatic carbocycles. The highest BCUT2D eigenvalue weighted by atomic mass is 19.1. The molecule has 1 atom stereocenters. The van der Waals surface area contributed by atoms with Crippen LogP contribution in [0, 0.1) is 5.82 Å². The molecule has 0 saturated carbocycles. The fourth-order valence-electron chi connectivity index (χ4n) is 3.53. The molecule has 25 heavy (non-hydrogen) atoms. The number of likely N-dealkylation sites (tertiary alicyclic amines) is 1. The number of rotatable bonds is 2. The van der Waals surface area contributed by atoms with Gasteiger partial charge in [0, 0.05) is 11.1 Å². The average molecular weight is 336 g/mol. The largest absolute Gasteiger partial charge is 0.292 e. The number of nitrogens with zero attached hydrogens (tertiary/aromatic N) is 2. The first-order valence-electron chi connectivity index (χ1n) is 8.41. The van der Waals surface area contributed by atoms with Crippen molar-refractivity contribution in [1.82, 2.24) is 4.90 Å². The Morgan fingerprint density at radius 1 is 0.920 bits per heavy atom. The molecular weight excluding hydrogens is 319 g/mol. The molecule has 0 spiro atoms. The molecule has 0 aromatic heterocycles. The monoisotopic (exact) mass is 336 g/mol. The summed E-state index contributed by atoms with van der Waals surface area (Å²) in [6, 6.07) is 11.9. The summed E-state index contributed by atoms with van der Waals surface area (Å²) in [5, 5.41) is 0. The van der Waals surface area contributed by atoms with Crippen LogP contribution in [0.3, 0.4) is 0 Å². The number of halogens is 1. The number of Topliss-reactive ketones (excluding diaryl/α,β-unsaturated/α-hetero) is 2. The third-order valence-electron chi connectivity index (χ3n) is 4.76. The lowest BCUT2D eigenvalue weighted by Crippen LogP contribution is -2.51. The fourth-order valence-corrected chi connectivity index (χ4v) is 3.53. The van der Waals surface area contributed by atoms with Crippen molar-refractivity contribution in [1.29, 1.82) is 0 Å². The van der Waals surface area contributed by atoms with Gasteiger partial charge in [-0.2, -0.15) is 0 Å². The van der Waals surface area contributed by atoms with Crippen molar-refractivity contribution in [2.75, 3.05) is 13.1 Å². The minimum atomic E-state index is -0.657. The highest BCUT2D eigenvalue weighted by Gasteiger charge is 2.42. The van der Waals surface area contributed by atoms with Gasteiger partial charge in [-0.25, -0.2) is 9.38 Å². The van der Waals surface area contributed by atoms with Crippen molar-refractivity contribution < 1.29 is 14.0 Å². The number of aliphatic imine (C=N–C) groups is 1. The summed E-state index contributed by atoms with van der Waals surface area (Å²) < 4.78 is 13.1. The van der Waals surface area contributed by atoms with Crippen LogP contribution in [-0.2, 0) is 0 Å². The Labute approximate surface area is 145 Å². The number of hydrogen-bond acceptors (Lipinski definition) is 4. The van der Waals surface area contributed by atoms with E-state index < -0.39 is 6.04 Å². The summed E-state index contributed by atoms with van der Waals surface area (Å²) >= 11 is 0. The van der Waals surface area contributed by atoms with Crippen molar-refractivity contribution in [3.05, 3.63) is 65.5 Å². The fraction of sp³-hybridized carbons (Fsp3) is 0.250. The Kier molecular flexibility index (Phi) is 4.01. The minimum absolute atomic E-state index is 0.0852. The van der Waals surface area contributed by atoms with Crippen LogP contribution in [0.4, 0.5) is 10.1 Å². The van der Waals surface area contributed by atoms with Crippen molar-refractivity contribution in [2.45, 2.75) is 18.9 Å². The molecule has 0 N–H and O–H groups in total. The minimum Gasteiger partial charge on any atom is -0.292 e. The van der Waals surface area contributed by atoms with Gasteiger partial charge in [-0.15, -0.1) is 0 Å². The Morgan fingerprint density at radius 2 is 1.56 bits per heavy atom. The summed E-state index contributed by atoms with van der Waals surface area (Å²) in [7, 11) is 0. The molecule has 0 amide bonds. The Hall–Kier alpha value is -2.66. The van der Waals surface area contributed by atoms with Crippen LogP contribution >= 0.6 is 0 Å². The molecule has 2 aromatic carbocycles. The number of benzene rings is 2. The summed E-state index contributed by atoms with van der Waals surface area (Å²) in [4.78, 5) is 32.6. The number of ketones is 2. The van der Waals surface area contributed by atoms with Crippen molar-refractivity contribution in [3.63, 3.8) is 0 Å². The molecule has 126 valence electrons. The maximum Gasteiger partial charge on any atom is 0.210 e. The molecule has 0 bridgehead atoms. The second-order valence-corrected chi connectivity index (χ2v) is 6.36. The maximum absolute atomic E-state index is 13.1. The molecular formula is C20H17FN2O2. The van der Waals surface area contributed by atoms with Gasteiger partial charge in [0.2, 0.25) is 5.78 Å². The maximum atomic E-state index is 13.1. The highest BCUT2D eigenvalue weighted by molar-refractivity contribution is 6.55. The van der Waals surface area contributed by atoms with Gasteiger partial charge in [-0.3, -0.25) is 14.5 Å². The van der Waals surface area contributed by atoms with Crippen molar-refractivity contribution in [2.24, 2.45) is 4.99 Å². The van der Waals surface area contributed by atoms with E-state index in [2.05, 4.69) is 4.99 Å². The number of fused-ring (bicyclic) bond motifs is 1. The third kappa shape index (κ3) is 2.81. The molecule has 4 nitrogen and oxygen atoms in total. The molecule has 1 aliphatic heterocycles. The molecule has 5 heteroatoms. The van der Waals surface area contributed by atoms with Crippen LogP contribution in [0.2, 0.25) is 0 Å². The van der Waals surface area contributed by atoms with Gasteiger partial charge < -0.3 is 0 Å². The van der Waals surface area contributed by atoms with Gasteiger partial charge in [0.1, 0.15) is 17.6 Å². The zero-order valence-corrected chi connectivity index (χ0v) is 13.6. The average Bonchev–Trinajstić information content (AvgIpc) is 3.15. The van der Waals surface area contributed by atoms with E-state index in [0.29, 0.717) is 16.8 Å². The van der Waals surface area contributed by atoms with Crippen molar-refractivity contribution >= 4 is 23.0 Å². The lowest BCUT2D eigenvalue weighted by molar-refractivity contribution is 0.0873. The van der Waals surface area contributed by atoms with E-state index in [4.69, 9.17) is 0 Å². The molecule has 2 aromatic rings. The molecule has 0 radical (unpaired) electrons. The zero-order valence-electron chi connectivity index (χ0n) is 13.6. The Morgan fingerprint density at radius 3 is 2.24 bits per heavy atom. The van der Waals surface area contributed by atoms with Gasteiger partial charge >= 0.3 is 0 Å². The van der Waals surface area contributed by atoms with E-state index in [1.807, 2.05) is 4.90 Å². The van der Waals surface area contributed by atoms with Gasteiger partial charge in [-0.1, -0.05) is 24.3 Å². The van der Waals surface area contributed by atoms with Crippen LogP contribution < -0.4 is 0 Å². The smallest absolute Gasteiger partial charge is 0.210 e. The van der Waals surface area contributed by atoms with Crippen LogP contribution in [-0.4, -0.2) is 41.3 Å². The van der Waals surface area contributed by atoms with Crippen molar-refractivity contribution in [3.8, 4) is 0 Å². The van der Waals surface area contributed by atoms with Gasteiger partial charge in [0.15, 0.2) is 5.78 Å². The quantitative estimate of drug-likeness (QED) is 0.844. The SMILES string of the molecule is O=C1C(=Nc2ccc(F)cc2)C(N2CCCC2)C(=O)c2ccccc21. The number of carbonyl (C=O) groups excluding carboxylic acids is 2. The first kappa shape index (κ1) is 15.8. The van der Waals surface area contributed by atoms with Crippen LogP contribution in [0.5, 0.6) is 0 Å². The normalized spacial score (nSPS) is 22.4. The topological polar surface area (TPSA) is 49.7 Å². The predicted octanol–water partition coefficient (Wildman–Crippen LogP) is 3.44. The standard InChI is InChI=1S/C20H17FN2O2/c21-13-7-9-14(10-8-13)22-17-18(23-11-3-4-12-23)20(25)16-6-2-1-5-15(16)19(17)24/h1-2,5-10,18H,3-4,11-12H2. The second kappa shape index (κ2) is 6.33. The number of hydrogen-bond donors (Lipinski definition) is 0. The van der Waals surface area contributed by atoms with E-state index in [1.54, 1.807) is 24.3 Å².